The van der Waals surface area contributed by atoms with Crippen molar-refractivity contribution in [2.75, 3.05) is 19.8 Å². The molecule has 0 bridgehead atoms. The van der Waals surface area contributed by atoms with Crippen LogP contribution >= 0.6 is 0 Å². The van der Waals surface area contributed by atoms with E-state index in [2.05, 4.69) is 5.32 Å². The predicted octanol–water partition coefficient (Wildman–Crippen LogP) is 3.44. The molecule has 1 aliphatic carbocycles. The van der Waals surface area contributed by atoms with Crippen LogP contribution in [-0.4, -0.2) is 46.9 Å². The maximum Gasteiger partial charge on any atom is 0.325 e. The quantitative estimate of drug-likeness (QED) is 0.465. The summed E-state index contributed by atoms with van der Waals surface area (Å²) in [4.78, 5) is 40.7. The third-order valence-corrected chi connectivity index (χ3v) is 7.24. The molecule has 35 heavy (non-hydrogen) atoms. The molecule has 178 valence electrons. The van der Waals surface area contributed by atoms with Crippen LogP contribution in [0.2, 0.25) is 0 Å². The van der Waals surface area contributed by atoms with Crippen molar-refractivity contribution in [2.24, 2.45) is 0 Å². The van der Waals surface area contributed by atoms with Gasteiger partial charge in [0.1, 0.15) is 18.8 Å². The molecular weight excluding hydrogens is 446 g/mol. The van der Waals surface area contributed by atoms with E-state index in [0.717, 1.165) is 33.1 Å². The molecule has 1 aromatic heterocycles. The number of fused-ring (bicyclic) bond motifs is 3. The molecule has 1 spiro atoms. The fourth-order valence-corrected chi connectivity index (χ4v) is 5.58. The number of hydrogen-bond donors (Lipinski definition) is 1. The van der Waals surface area contributed by atoms with E-state index in [1.165, 1.54) is 0 Å². The van der Waals surface area contributed by atoms with Gasteiger partial charge < -0.3 is 19.4 Å². The molecule has 2 aromatic carbocycles. The maximum atomic E-state index is 13.4. The Hall–Kier alpha value is -4.07. The van der Waals surface area contributed by atoms with Gasteiger partial charge in [0, 0.05) is 28.7 Å². The Labute approximate surface area is 202 Å². The highest BCUT2D eigenvalue weighted by Crippen LogP contribution is 2.41. The minimum absolute atomic E-state index is 0.284. The number of aromatic nitrogens is 1. The highest BCUT2D eigenvalue weighted by molar-refractivity contribution is 6.12. The SMILES string of the molecule is Cc1cc(C(=O)CN2C(=O)N[C@]3(CCc4ccccc43)C2=O)c(C)n1-c1ccc2c(c1)OCCO2. The lowest BCUT2D eigenvalue weighted by Gasteiger charge is -2.22. The molecule has 1 N–H and O–H groups in total. The van der Waals surface area contributed by atoms with Gasteiger partial charge >= 0.3 is 6.03 Å². The molecule has 3 amide bonds. The van der Waals surface area contributed by atoms with Gasteiger partial charge in [-0.2, -0.15) is 0 Å². The first-order chi connectivity index (χ1) is 16.9. The van der Waals surface area contributed by atoms with Crippen molar-refractivity contribution in [3.8, 4) is 17.2 Å². The lowest BCUT2D eigenvalue weighted by atomic mass is 9.92. The standard InChI is InChI=1S/C27H25N3O5/c1-16-13-20(17(2)30(16)19-7-8-23-24(14-19)35-12-11-34-23)22(31)15-29-25(32)27(28-26(29)33)10-9-18-5-3-4-6-21(18)27/h3-8,13-14H,9-12,15H2,1-2H3,(H,28,33)/t27-/m0/s1. The van der Waals surface area contributed by atoms with Crippen molar-refractivity contribution < 1.29 is 23.9 Å². The summed E-state index contributed by atoms with van der Waals surface area (Å²) in [6.07, 6.45) is 1.21. The summed E-state index contributed by atoms with van der Waals surface area (Å²) in [5.74, 6) is 0.713. The van der Waals surface area contributed by atoms with Gasteiger partial charge in [0.2, 0.25) is 0 Å². The topological polar surface area (TPSA) is 89.9 Å². The van der Waals surface area contributed by atoms with Gasteiger partial charge in [-0.15, -0.1) is 0 Å². The van der Waals surface area contributed by atoms with Crippen molar-refractivity contribution >= 4 is 17.7 Å². The van der Waals surface area contributed by atoms with Crippen LogP contribution in [-0.2, 0) is 16.8 Å². The Morgan fingerprint density at radius 2 is 1.80 bits per heavy atom. The zero-order valence-electron chi connectivity index (χ0n) is 19.6. The molecular formula is C27H25N3O5. The number of rotatable bonds is 4. The van der Waals surface area contributed by atoms with E-state index in [-0.39, 0.29) is 18.2 Å². The van der Waals surface area contributed by atoms with Gasteiger partial charge in [-0.3, -0.25) is 14.5 Å². The highest BCUT2D eigenvalue weighted by atomic mass is 16.6. The normalized spacial score (nSPS) is 20.3. The minimum atomic E-state index is -1.07. The van der Waals surface area contributed by atoms with Crippen LogP contribution in [0.1, 0.15) is 39.3 Å². The molecule has 3 aromatic rings. The number of carbonyl (C=O) groups is 3. The smallest absolute Gasteiger partial charge is 0.325 e. The average molecular weight is 472 g/mol. The first-order valence-electron chi connectivity index (χ1n) is 11.7. The predicted molar refractivity (Wildman–Crippen MR) is 127 cm³/mol. The van der Waals surface area contributed by atoms with Gasteiger partial charge in [0.25, 0.3) is 5.91 Å². The average Bonchev–Trinajstić information content (AvgIpc) is 3.46. The minimum Gasteiger partial charge on any atom is -0.486 e. The van der Waals surface area contributed by atoms with Gasteiger partial charge in [0.15, 0.2) is 17.3 Å². The number of ether oxygens (including phenoxy) is 2. The lowest BCUT2D eigenvalue weighted by molar-refractivity contribution is -0.131. The molecule has 8 nitrogen and oxygen atoms in total. The van der Waals surface area contributed by atoms with E-state index in [1.807, 2.05) is 60.9 Å². The third kappa shape index (κ3) is 3.16. The number of nitrogens with zero attached hydrogens (tertiary/aromatic N) is 2. The van der Waals surface area contributed by atoms with Crippen LogP contribution in [0.3, 0.4) is 0 Å². The van der Waals surface area contributed by atoms with Crippen molar-refractivity contribution in [3.63, 3.8) is 0 Å². The van der Waals surface area contributed by atoms with Crippen LogP contribution in [0.25, 0.3) is 5.69 Å². The largest absolute Gasteiger partial charge is 0.486 e. The molecule has 6 rings (SSSR count). The van der Waals surface area contributed by atoms with Gasteiger partial charge in [-0.1, -0.05) is 24.3 Å². The molecule has 0 radical (unpaired) electrons. The van der Waals surface area contributed by atoms with Crippen molar-refractivity contribution in [1.82, 2.24) is 14.8 Å². The highest BCUT2D eigenvalue weighted by Gasteiger charge is 2.55. The Balaban J connectivity index is 1.28. The Morgan fingerprint density at radius 1 is 1.03 bits per heavy atom. The van der Waals surface area contributed by atoms with Gasteiger partial charge in [0.05, 0.1) is 6.54 Å². The Kier molecular flexibility index (Phi) is 4.74. The summed E-state index contributed by atoms with van der Waals surface area (Å²) in [5, 5.41) is 2.88. The molecule has 1 atom stereocenters. The van der Waals surface area contributed by atoms with E-state index in [1.54, 1.807) is 6.07 Å². The van der Waals surface area contributed by atoms with Gasteiger partial charge in [-0.05, 0) is 56.0 Å². The number of hydrogen-bond acceptors (Lipinski definition) is 5. The van der Waals surface area contributed by atoms with Crippen LogP contribution in [0, 0.1) is 13.8 Å². The fourth-order valence-electron chi connectivity index (χ4n) is 5.58. The number of Topliss-reactive ketones (excluding diaryl/α,β-unsaturated/α-hetero) is 1. The van der Waals surface area contributed by atoms with Crippen molar-refractivity contribution in [3.05, 3.63) is 76.6 Å². The molecule has 3 heterocycles. The molecule has 0 saturated carbocycles. The molecule has 1 fully saturated rings. The van der Waals surface area contributed by atoms with E-state index >= 15 is 0 Å². The van der Waals surface area contributed by atoms with Crippen molar-refractivity contribution in [2.45, 2.75) is 32.2 Å². The van der Waals surface area contributed by atoms with Crippen LogP contribution in [0.5, 0.6) is 11.5 Å². The fraction of sp³-hybridized carbons (Fsp3) is 0.296. The van der Waals surface area contributed by atoms with E-state index in [9.17, 15) is 14.4 Å². The summed E-state index contributed by atoms with van der Waals surface area (Å²) in [6.45, 7) is 4.47. The first-order valence-corrected chi connectivity index (χ1v) is 11.7. The maximum absolute atomic E-state index is 13.4. The van der Waals surface area contributed by atoms with Crippen LogP contribution in [0.4, 0.5) is 4.79 Å². The number of ketones is 1. The molecule has 3 aliphatic rings. The number of urea groups is 1. The second kappa shape index (κ2) is 7.73. The Morgan fingerprint density at radius 3 is 2.63 bits per heavy atom. The van der Waals surface area contributed by atoms with Gasteiger partial charge in [-0.25, -0.2) is 4.79 Å². The number of imide groups is 1. The van der Waals surface area contributed by atoms with E-state index < -0.39 is 11.6 Å². The van der Waals surface area contributed by atoms with Crippen LogP contribution < -0.4 is 14.8 Å². The second-order valence-corrected chi connectivity index (χ2v) is 9.26. The number of aryl methyl sites for hydroxylation is 2. The molecule has 1 saturated heterocycles. The lowest BCUT2D eigenvalue weighted by Crippen LogP contribution is -2.42. The number of benzene rings is 2. The van der Waals surface area contributed by atoms with E-state index in [0.29, 0.717) is 43.1 Å². The molecule has 0 unspecified atom stereocenters. The first kappa shape index (κ1) is 21.5. The summed E-state index contributed by atoms with van der Waals surface area (Å²) in [7, 11) is 0. The summed E-state index contributed by atoms with van der Waals surface area (Å²) >= 11 is 0. The Bertz CT molecular complexity index is 1410. The molecule has 8 heteroatoms. The zero-order chi connectivity index (χ0) is 24.3. The van der Waals surface area contributed by atoms with Crippen molar-refractivity contribution in [1.29, 1.82) is 0 Å². The monoisotopic (exact) mass is 471 g/mol. The third-order valence-electron chi connectivity index (χ3n) is 7.24. The number of carbonyl (C=O) groups excluding carboxylic acids is 3. The molecule has 2 aliphatic heterocycles. The number of amides is 3. The summed E-state index contributed by atoms with van der Waals surface area (Å²) in [6, 6.07) is 14.6. The summed E-state index contributed by atoms with van der Waals surface area (Å²) < 4.78 is 13.3. The summed E-state index contributed by atoms with van der Waals surface area (Å²) in [5.41, 5.74) is 3.72. The second-order valence-electron chi connectivity index (χ2n) is 9.26. The van der Waals surface area contributed by atoms with Crippen LogP contribution in [0.15, 0.2) is 48.5 Å². The zero-order valence-corrected chi connectivity index (χ0v) is 19.6. The van der Waals surface area contributed by atoms with E-state index in [4.69, 9.17) is 9.47 Å². The number of nitrogens with one attached hydrogen (secondary N) is 1.